The molecule has 1 unspecified atom stereocenters. The maximum atomic E-state index is 5.99. The van der Waals surface area contributed by atoms with Crippen molar-refractivity contribution < 1.29 is 4.74 Å². The fourth-order valence-corrected chi connectivity index (χ4v) is 1.94. The predicted octanol–water partition coefficient (Wildman–Crippen LogP) is 3.93. The lowest BCUT2D eigenvalue weighted by atomic mass is 10.0. The van der Waals surface area contributed by atoms with E-state index in [0.29, 0.717) is 12.6 Å². The molecule has 1 aromatic carbocycles. The average molecular weight is 254 g/mol. The van der Waals surface area contributed by atoms with Crippen LogP contribution in [0.5, 0.6) is 0 Å². The normalized spacial score (nSPS) is 12.1. The van der Waals surface area contributed by atoms with Crippen molar-refractivity contribution in [1.82, 2.24) is 5.32 Å². The Bertz CT molecular complexity index is 341. The van der Waals surface area contributed by atoms with Gasteiger partial charge in [-0.3, -0.25) is 0 Å². The van der Waals surface area contributed by atoms with Gasteiger partial charge >= 0.3 is 0 Å². The van der Waals surface area contributed by atoms with E-state index in [1.54, 1.807) is 0 Å². The molecule has 0 amide bonds. The van der Waals surface area contributed by atoms with E-state index < -0.39 is 0 Å². The highest BCUT2D eigenvalue weighted by atomic mass is 35.5. The van der Waals surface area contributed by atoms with Crippen LogP contribution in [0.3, 0.4) is 0 Å². The van der Waals surface area contributed by atoms with Crippen molar-refractivity contribution in [2.24, 2.45) is 0 Å². The van der Waals surface area contributed by atoms with Crippen LogP contribution < -0.4 is 5.32 Å². The van der Waals surface area contributed by atoms with Gasteiger partial charge in [0.25, 0.3) is 0 Å². The Labute approximate surface area is 109 Å². The van der Waals surface area contributed by atoms with Crippen LogP contribution in [0.2, 0.25) is 5.02 Å². The lowest BCUT2D eigenvalue weighted by Gasteiger charge is -2.17. The van der Waals surface area contributed by atoms with Crippen molar-refractivity contribution in [2.45, 2.75) is 25.8 Å². The van der Waals surface area contributed by atoms with Crippen molar-refractivity contribution in [3.05, 3.63) is 47.7 Å². The summed E-state index contributed by atoms with van der Waals surface area (Å²) in [4.78, 5) is 0. The summed E-state index contributed by atoms with van der Waals surface area (Å²) >= 11 is 5.99. The van der Waals surface area contributed by atoms with Gasteiger partial charge in [-0.1, -0.05) is 37.2 Å². The molecule has 3 heteroatoms. The van der Waals surface area contributed by atoms with Crippen LogP contribution in [0.15, 0.2) is 37.1 Å². The Morgan fingerprint density at radius 3 is 3.00 bits per heavy atom. The van der Waals surface area contributed by atoms with Gasteiger partial charge in [0, 0.05) is 11.1 Å². The number of halogens is 1. The topological polar surface area (TPSA) is 21.3 Å². The van der Waals surface area contributed by atoms with Crippen molar-refractivity contribution in [1.29, 1.82) is 0 Å². The summed E-state index contributed by atoms with van der Waals surface area (Å²) in [5.41, 5.74) is 1.24. The third-order valence-corrected chi connectivity index (χ3v) is 2.84. The van der Waals surface area contributed by atoms with Crippen molar-refractivity contribution in [3.63, 3.8) is 0 Å². The van der Waals surface area contributed by atoms with Crippen LogP contribution in [-0.2, 0) is 4.74 Å². The molecule has 94 valence electrons. The first kappa shape index (κ1) is 14.1. The molecule has 1 atom stereocenters. The Kier molecular flexibility index (Phi) is 6.75. The summed E-state index contributed by atoms with van der Waals surface area (Å²) < 4.78 is 5.08. The van der Waals surface area contributed by atoms with E-state index in [2.05, 4.69) is 24.9 Å². The molecule has 0 aliphatic rings. The Morgan fingerprint density at radius 2 is 2.35 bits per heavy atom. The van der Waals surface area contributed by atoms with Gasteiger partial charge in [-0.05, 0) is 37.1 Å². The van der Waals surface area contributed by atoms with Gasteiger partial charge in [0.05, 0.1) is 12.9 Å². The molecule has 2 nitrogen and oxygen atoms in total. The predicted molar refractivity (Wildman–Crippen MR) is 73.3 cm³/mol. The van der Waals surface area contributed by atoms with Crippen LogP contribution in [0.4, 0.5) is 0 Å². The lowest BCUT2D eigenvalue weighted by molar-refractivity contribution is 0.242. The number of benzene rings is 1. The molecular formula is C14H20ClNO. The molecule has 1 N–H and O–H groups in total. The zero-order valence-corrected chi connectivity index (χ0v) is 11.0. The highest BCUT2D eigenvalue weighted by Gasteiger charge is 2.08. The standard InChI is InChI=1S/C14H20ClNO/c1-3-14(16-9-6-10-17-4-2)12-7-5-8-13(15)11-12/h4-5,7-8,11,14,16H,2-3,6,9-10H2,1H3. The second kappa shape index (κ2) is 8.15. The van der Waals surface area contributed by atoms with E-state index in [1.165, 1.54) is 11.8 Å². The molecule has 1 rings (SSSR count). The molecule has 17 heavy (non-hydrogen) atoms. The monoisotopic (exact) mass is 253 g/mol. The van der Waals surface area contributed by atoms with E-state index in [9.17, 15) is 0 Å². The third kappa shape index (κ3) is 5.24. The summed E-state index contributed by atoms with van der Waals surface area (Å²) in [5.74, 6) is 0. The number of rotatable bonds is 8. The minimum absolute atomic E-state index is 0.359. The number of ether oxygens (including phenoxy) is 1. The molecule has 0 bridgehead atoms. The molecule has 1 aromatic rings. The van der Waals surface area contributed by atoms with Crippen LogP contribution in [0.25, 0.3) is 0 Å². The average Bonchev–Trinajstić information content (AvgIpc) is 2.34. The molecule has 0 radical (unpaired) electrons. The Hall–Kier alpha value is -0.990. The first-order valence-electron chi connectivity index (χ1n) is 5.99. The SMILES string of the molecule is C=COCCCNC(CC)c1cccc(Cl)c1. The first-order valence-corrected chi connectivity index (χ1v) is 6.37. The Balaban J connectivity index is 2.40. The van der Waals surface area contributed by atoms with Crippen LogP contribution in [-0.4, -0.2) is 13.2 Å². The molecule has 0 aromatic heterocycles. The van der Waals surface area contributed by atoms with Gasteiger partial charge in [-0.15, -0.1) is 0 Å². The summed E-state index contributed by atoms with van der Waals surface area (Å²) in [6.07, 6.45) is 3.50. The van der Waals surface area contributed by atoms with Crippen LogP contribution in [0.1, 0.15) is 31.4 Å². The highest BCUT2D eigenvalue weighted by molar-refractivity contribution is 6.30. The van der Waals surface area contributed by atoms with Crippen molar-refractivity contribution in [3.8, 4) is 0 Å². The minimum atomic E-state index is 0.359. The first-order chi connectivity index (χ1) is 8.27. The zero-order valence-electron chi connectivity index (χ0n) is 10.3. The maximum Gasteiger partial charge on any atom is 0.0885 e. The van der Waals surface area contributed by atoms with E-state index >= 15 is 0 Å². The van der Waals surface area contributed by atoms with Gasteiger partial charge < -0.3 is 10.1 Å². The van der Waals surface area contributed by atoms with Gasteiger partial charge in [-0.25, -0.2) is 0 Å². The van der Waals surface area contributed by atoms with Gasteiger partial charge in [0.15, 0.2) is 0 Å². The van der Waals surface area contributed by atoms with E-state index in [4.69, 9.17) is 16.3 Å². The second-order valence-electron chi connectivity index (χ2n) is 3.86. The molecule has 0 aliphatic carbocycles. The lowest BCUT2D eigenvalue weighted by Crippen LogP contribution is -2.22. The maximum absolute atomic E-state index is 5.99. The molecule has 0 saturated heterocycles. The Morgan fingerprint density at radius 1 is 1.53 bits per heavy atom. The van der Waals surface area contributed by atoms with Crippen molar-refractivity contribution in [2.75, 3.05) is 13.2 Å². The van der Waals surface area contributed by atoms with E-state index in [1.807, 2.05) is 18.2 Å². The minimum Gasteiger partial charge on any atom is -0.502 e. The summed E-state index contributed by atoms with van der Waals surface area (Å²) in [6, 6.07) is 8.37. The van der Waals surface area contributed by atoms with E-state index in [-0.39, 0.29) is 0 Å². The van der Waals surface area contributed by atoms with Gasteiger partial charge in [0.1, 0.15) is 0 Å². The molecular weight excluding hydrogens is 234 g/mol. The fourth-order valence-electron chi connectivity index (χ4n) is 1.74. The molecule has 0 heterocycles. The quantitative estimate of drug-likeness (QED) is 0.560. The fraction of sp³-hybridized carbons (Fsp3) is 0.429. The molecule has 0 saturated carbocycles. The van der Waals surface area contributed by atoms with Gasteiger partial charge in [0.2, 0.25) is 0 Å². The number of hydrogen-bond acceptors (Lipinski definition) is 2. The third-order valence-electron chi connectivity index (χ3n) is 2.61. The van der Waals surface area contributed by atoms with Gasteiger partial charge in [-0.2, -0.15) is 0 Å². The summed E-state index contributed by atoms with van der Waals surface area (Å²) in [6.45, 7) is 7.32. The molecule has 0 spiro atoms. The molecule has 0 aliphatic heterocycles. The highest BCUT2D eigenvalue weighted by Crippen LogP contribution is 2.20. The van der Waals surface area contributed by atoms with Crippen molar-refractivity contribution >= 4 is 11.6 Å². The zero-order chi connectivity index (χ0) is 12.5. The number of hydrogen-bond donors (Lipinski definition) is 1. The smallest absolute Gasteiger partial charge is 0.0885 e. The summed E-state index contributed by atoms with van der Waals surface area (Å²) in [7, 11) is 0. The number of nitrogens with one attached hydrogen (secondary N) is 1. The molecule has 0 fully saturated rings. The summed E-state index contributed by atoms with van der Waals surface area (Å²) in [5, 5.41) is 4.29. The van der Waals surface area contributed by atoms with Crippen LogP contribution in [0, 0.1) is 0 Å². The van der Waals surface area contributed by atoms with E-state index in [0.717, 1.165) is 24.4 Å². The largest absolute Gasteiger partial charge is 0.502 e. The van der Waals surface area contributed by atoms with Crippen LogP contribution >= 0.6 is 11.6 Å². The second-order valence-corrected chi connectivity index (χ2v) is 4.30.